The maximum atomic E-state index is 5.85. The quantitative estimate of drug-likeness (QED) is 0.890. The van der Waals surface area contributed by atoms with Gasteiger partial charge in [-0.2, -0.15) is 4.98 Å². The van der Waals surface area contributed by atoms with Crippen LogP contribution in [0.4, 0.5) is 0 Å². The van der Waals surface area contributed by atoms with E-state index in [-0.39, 0.29) is 6.04 Å². The summed E-state index contributed by atoms with van der Waals surface area (Å²) in [5.41, 5.74) is 9.53. The molecule has 0 saturated heterocycles. The Kier molecular flexibility index (Phi) is 4.29. The number of hydrogen-bond acceptors (Lipinski definition) is 5. The van der Waals surface area contributed by atoms with Crippen LogP contribution >= 0.6 is 0 Å². The third-order valence-corrected chi connectivity index (χ3v) is 3.09. The summed E-state index contributed by atoms with van der Waals surface area (Å²) >= 11 is 0. The first-order chi connectivity index (χ1) is 9.10. The van der Waals surface area contributed by atoms with Gasteiger partial charge in [-0.3, -0.25) is 0 Å². The van der Waals surface area contributed by atoms with E-state index in [2.05, 4.69) is 42.2 Å². The molecule has 0 radical (unpaired) electrons. The zero-order valence-electron chi connectivity index (χ0n) is 11.5. The number of aryl methyl sites for hydroxylation is 2. The van der Waals surface area contributed by atoms with Crippen LogP contribution in [0.5, 0.6) is 0 Å². The average molecular weight is 261 g/mol. The van der Waals surface area contributed by atoms with Crippen molar-refractivity contribution in [1.82, 2.24) is 10.1 Å². The largest absolute Gasteiger partial charge is 0.383 e. The van der Waals surface area contributed by atoms with Gasteiger partial charge in [0.25, 0.3) is 0 Å². The number of hydrogen-bond donors (Lipinski definition) is 1. The second-order valence-electron chi connectivity index (χ2n) is 4.70. The van der Waals surface area contributed by atoms with E-state index < -0.39 is 0 Å². The molecule has 0 saturated carbocycles. The van der Waals surface area contributed by atoms with Gasteiger partial charge in [0.15, 0.2) is 5.82 Å². The van der Waals surface area contributed by atoms with Crippen molar-refractivity contribution in [2.24, 2.45) is 5.73 Å². The SMILES string of the molecule is COCC(N)c1noc(Cc2ccc(C)c(C)c2)n1. The van der Waals surface area contributed by atoms with Gasteiger partial charge in [0.2, 0.25) is 5.89 Å². The van der Waals surface area contributed by atoms with Gasteiger partial charge >= 0.3 is 0 Å². The second kappa shape index (κ2) is 5.95. The highest BCUT2D eigenvalue weighted by Gasteiger charge is 2.14. The molecule has 1 aromatic heterocycles. The van der Waals surface area contributed by atoms with Gasteiger partial charge in [-0.25, -0.2) is 0 Å². The Morgan fingerprint density at radius 2 is 2.11 bits per heavy atom. The zero-order chi connectivity index (χ0) is 13.8. The van der Waals surface area contributed by atoms with E-state index in [4.69, 9.17) is 15.0 Å². The third kappa shape index (κ3) is 3.39. The van der Waals surface area contributed by atoms with E-state index in [9.17, 15) is 0 Å². The summed E-state index contributed by atoms with van der Waals surface area (Å²) in [5.74, 6) is 1.06. The van der Waals surface area contributed by atoms with Crippen molar-refractivity contribution in [2.75, 3.05) is 13.7 Å². The highest BCUT2D eigenvalue weighted by molar-refractivity contribution is 5.31. The maximum Gasteiger partial charge on any atom is 0.231 e. The molecule has 0 fully saturated rings. The fourth-order valence-electron chi connectivity index (χ4n) is 1.83. The van der Waals surface area contributed by atoms with Gasteiger partial charge in [0.1, 0.15) is 0 Å². The van der Waals surface area contributed by atoms with Crippen LogP contribution < -0.4 is 5.73 Å². The first-order valence-electron chi connectivity index (χ1n) is 6.23. The summed E-state index contributed by atoms with van der Waals surface area (Å²) in [5, 5.41) is 3.88. The summed E-state index contributed by atoms with van der Waals surface area (Å²) < 4.78 is 10.2. The summed E-state index contributed by atoms with van der Waals surface area (Å²) in [6.07, 6.45) is 0.619. The molecule has 5 heteroatoms. The molecular formula is C14H19N3O2. The second-order valence-corrected chi connectivity index (χ2v) is 4.70. The standard InChI is InChI=1S/C14H19N3O2/c1-9-4-5-11(6-10(9)2)7-13-16-14(17-19-13)12(15)8-18-3/h4-6,12H,7-8,15H2,1-3H3. The molecule has 2 aromatic rings. The normalized spacial score (nSPS) is 12.6. The Balaban J connectivity index is 2.09. The van der Waals surface area contributed by atoms with Gasteiger partial charge in [0.05, 0.1) is 19.1 Å². The predicted molar refractivity (Wildman–Crippen MR) is 71.8 cm³/mol. The number of aromatic nitrogens is 2. The fraction of sp³-hybridized carbons (Fsp3) is 0.429. The first-order valence-corrected chi connectivity index (χ1v) is 6.23. The number of rotatable bonds is 5. The van der Waals surface area contributed by atoms with Crippen molar-refractivity contribution < 1.29 is 9.26 Å². The van der Waals surface area contributed by atoms with Crippen LogP contribution in [0.2, 0.25) is 0 Å². The van der Waals surface area contributed by atoms with Crippen molar-refractivity contribution in [3.63, 3.8) is 0 Å². The maximum absolute atomic E-state index is 5.85. The van der Waals surface area contributed by atoms with Gasteiger partial charge < -0.3 is 15.0 Å². The van der Waals surface area contributed by atoms with Crippen molar-refractivity contribution in [3.8, 4) is 0 Å². The number of methoxy groups -OCH3 is 1. The molecule has 102 valence electrons. The topological polar surface area (TPSA) is 74.2 Å². The average Bonchev–Trinajstić information content (AvgIpc) is 2.83. The fourth-order valence-corrected chi connectivity index (χ4v) is 1.83. The van der Waals surface area contributed by atoms with Crippen LogP contribution in [-0.4, -0.2) is 23.9 Å². The minimum absolute atomic E-state index is 0.345. The molecule has 0 aliphatic carbocycles. The molecule has 0 amide bonds. The van der Waals surface area contributed by atoms with E-state index in [1.807, 2.05) is 0 Å². The van der Waals surface area contributed by atoms with Crippen LogP contribution in [-0.2, 0) is 11.2 Å². The Bertz CT molecular complexity index is 551. The minimum Gasteiger partial charge on any atom is -0.383 e. The van der Waals surface area contributed by atoms with Crippen LogP contribution in [0, 0.1) is 13.8 Å². The molecule has 1 aromatic carbocycles. The Morgan fingerprint density at radius 3 is 2.79 bits per heavy atom. The molecule has 2 rings (SSSR count). The van der Waals surface area contributed by atoms with Gasteiger partial charge in [0, 0.05) is 7.11 Å². The van der Waals surface area contributed by atoms with Crippen molar-refractivity contribution in [1.29, 1.82) is 0 Å². The zero-order valence-corrected chi connectivity index (χ0v) is 11.5. The number of benzene rings is 1. The van der Waals surface area contributed by atoms with Crippen LogP contribution in [0.1, 0.15) is 34.4 Å². The van der Waals surface area contributed by atoms with Crippen LogP contribution in [0.15, 0.2) is 22.7 Å². The van der Waals surface area contributed by atoms with Gasteiger partial charge in [-0.1, -0.05) is 23.4 Å². The Hall–Kier alpha value is -1.72. The molecular weight excluding hydrogens is 242 g/mol. The van der Waals surface area contributed by atoms with E-state index in [1.165, 1.54) is 11.1 Å². The summed E-state index contributed by atoms with van der Waals surface area (Å²) in [4.78, 5) is 4.29. The molecule has 0 aliphatic rings. The molecule has 2 N–H and O–H groups in total. The highest BCUT2D eigenvalue weighted by Crippen LogP contribution is 2.14. The Morgan fingerprint density at radius 1 is 1.32 bits per heavy atom. The lowest BCUT2D eigenvalue weighted by atomic mass is 10.0. The molecule has 1 heterocycles. The van der Waals surface area contributed by atoms with Crippen molar-refractivity contribution in [3.05, 3.63) is 46.6 Å². The van der Waals surface area contributed by atoms with Crippen LogP contribution in [0.25, 0.3) is 0 Å². The highest BCUT2D eigenvalue weighted by atomic mass is 16.5. The summed E-state index contributed by atoms with van der Waals surface area (Å²) in [7, 11) is 1.59. The lowest BCUT2D eigenvalue weighted by Crippen LogP contribution is -2.17. The molecule has 1 atom stereocenters. The molecule has 0 bridgehead atoms. The van der Waals surface area contributed by atoms with E-state index in [0.29, 0.717) is 24.7 Å². The molecule has 0 aliphatic heterocycles. The summed E-state index contributed by atoms with van der Waals surface area (Å²) in [6, 6.07) is 5.95. The molecule has 1 unspecified atom stereocenters. The molecule has 19 heavy (non-hydrogen) atoms. The van der Waals surface area contributed by atoms with E-state index in [1.54, 1.807) is 7.11 Å². The first kappa shape index (κ1) is 13.7. The summed E-state index contributed by atoms with van der Waals surface area (Å²) in [6.45, 7) is 4.56. The van der Waals surface area contributed by atoms with Gasteiger partial charge in [-0.15, -0.1) is 0 Å². The van der Waals surface area contributed by atoms with Gasteiger partial charge in [-0.05, 0) is 30.5 Å². The monoisotopic (exact) mass is 261 g/mol. The third-order valence-electron chi connectivity index (χ3n) is 3.09. The number of nitrogens with two attached hydrogens (primary N) is 1. The molecule has 0 spiro atoms. The lowest BCUT2D eigenvalue weighted by Gasteiger charge is -2.03. The van der Waals surface area contributed by atoms with Crippen molar-refractivity contribution in [2.45, 2.75) is 26.3 Å². The smallest absolute Gasteiger partial charge is 0.231 e. The minimum atomic E-state index is -0.345. The number of ether oxygens (including phenoxy) is 1. The molecule has 5 nitrogen and oxygen atoms in total. The Labute approximate surface area is 112 Å². The van der Waals surface area contributed by atoms with E-state index in [0.717, 1.165) is 5.56 Å². The number of nitrogens with zero attached hydrogens (tertiary/aromatic N) is 2. The van der Waals surface area contributed by atoms with Crippen LogP contribution in [0.3, 0.4) is 0 Å². The van der Waals surface area contributed by atoms with E-state index >= 15 is 0 Å². The van der Waals surface area contributed by atoms with Crippen molar-refractivity contribution >= 4 is 0 Å². The predicted octanol–water partition coefficient (Wildman–Crippen LogP) is 1.92. The lowest BCUT2D eigenvalue weighted by molar-refractivity contribution is 0.177.